The Morgan fingerprint density at radius 2 is 2.22 bits per heavy atom. The highest BCUT2D eigenvalue weighted by Crippen LogP contribution is 2.31. The van der Waals surface area contributed by atoms with Gasteiger partial charge in [0.25, 0.3) is 0 Å². The van der Waals surface area contributed by atoms with Gasteiger partial charge in [0.1, 0.15) is 0 Å². The minimum atomic E-state index is -2.81. The van der Waals surface area contributed by atoms with Crippen molar-refractivity contribution < 1.29 is 8.78 Å². The van der Waals surface area contributed by atoms with Crippen LogP contribution in [0.3, 0.4) is 0 Å². The summed E-state index contributed by atoms with van der Waals surface area (Å²) < 4.78 is 25.0. The standard InChI is InChI=1S/C5H8F2IN/c1-3-4(9)5(6,7)8-2/h3H,2,9H2,1H3/b4-3-. The summed E-state index contributed by atoms with van der Waals surface area (Å²) in [6, 6.07) is 0. The first kappa shape index (κ1) is 9.00. The van der Waals surface area contributed by atoms with E-state index in [1.165, 1.54) is 13.0 Å². The Bertz CT molecular complexity index is 142. The van der Waals surface area contributed by atoms with Crippen LogP contribution in [0.25, 0.3) is 0 Å². The predicted molar refractivity (Wildman–Crippen MR) is 44.0 cm³/mol. The number of hydrogen-bond donors (Lipinski definition) is 1. The van der Waals surface area contributed by atoms with E-state index in [1.54, 1.807) is 0 Å². The molecule has 9 heavy (non-hydrogen) atoms. The molecule has 0 spiro atoms. The molecular formula is C5H8F2IN. The molecule has 0 radical (unpaired) electrons. The van der Waals surface area contributed by atoms with Crippen LogP contribution in [-0.2, 0) is 0 Å². The summed E-state index contributed by atoms with van der Waals surface area (Å²) in [6.07, 6.45) is 1.21. The Balaban J connectivity index is 4.32. The van der Waals surface area contributed by atoms with Gasteiger partial charge in [0.05, 0.1) is 5.70 Å². The van der Waals surface area contributed by atoms with Gasteiger partial charge in [-0.1, -0.05) is 10.6 Å². The smallest absolute Gasteiger partial charge is 0.329 e. The third-order valence-corrected chi connectivity index (χ3v) is 2.39. The molecule has 0 heterocycles. The summed E-state index contributed by atoms with van der Waals surface area (Å²) in [7, 11) is 0. The molecule has 0 aliphatic heterocycles. The zero-order chi connectivity index (χ0) is 7.49. The summed E-state index contributed by atoms with van der Waals surface area (Å²) in [5.74, 6) is 0. The van der Waals surface area contributed by atoms with Crippen LogP contribution >= 0.6 is 20.7 Å². The maximum Gasteiger partial charge on any atom is 0.329 e. The molecule has 0 aromatic carbocycles. The van der Waals surface area contributed by atoms with E-state index in [4.69, 9.17) is 5.73 Å². The van der Waals surface area contributed by atoms with Gasteiger partial charge < -0.3 is 5.73 Å². The van der Waals surface area contributed by atoms with Gasteiger partial charge in [0.2, 0.25) is 0 Å². The van der Waals surface area contributed by atoms with Crippen LogP contribution in [0.1, 0.15) is 6.92 Å². The highest BCUT2D eigenvalue weighted by atomic mass is 127. The van der Waals surface area contributed by atoms with Gasteiger partial charge in [-0.15, -0.1) is 0 Å². The quantitative estimate of drug-likeness (QED) is 0.584. The van der Waals surface area contributed by atoms with Crippen LogP contribution in [0.5, 0.6) is 0 Å². The largest absolute Gasteiger partial charge is 0.397 e. The highest BCUT2D eigenvalue weighted by molar-refractivity contribution is 14.2. The topological polar surface area (TPSA) is 26.0 Å². The Morgan fingerprint density at radius 1 is 1.78 bits per heavy atom. The van der Waals surface area contributed by atoms with Crippen molar-refractivity contribution in [2.24, 2.45) is 5.73 Å². The molecule has 0 fully saturated rings. The van der Waals surface area contributed by atoms with Gasteiger partial charge in [-0.05, 0) is 27.7 Å². The second-order valence-electron chi connectivity index (χ2n) is 1.38. The number of alkyl halides is 3. The molecule has 0 aromatic heterocycles. The molecule has 0 aliphatic carbocycles. The minimum absolute atomic E-state index is 0.356. The Morgan fingerprint density at radius 3 is 2.33 bits per heavy atom. The lowest BCUT2D eigenvalue weighted by Gasteiger charge is -2.08. The molecule has 4 heteroatoms. The van der Waals surface area contributed by atoms with E-state index in [1.807, 2.05) is 0 Å². The van der Waals surface area contributed by atoms with Crippen molar-refractivity contribution in [3.63, 3.8) is 0 Å². The summed E-state index contributed by atoms with van der Waals surface area (Å²) in [6.45, 7) is 1.49. The first-order valence-electron chi connectivity index (χ1n) is 2.24. The summed E-state index contributed by atoms with van der Waals surface area (Å²) in [4.78, 5) is 0. The second kappa shape index (κ2) is 3.24. The van der Waals surface area contributed by atoms with Crippen molar-refractivity contribution in [1.82, 2.24) is 0 Å². The number of hydrogen-bond acceptors (Lipinski definition) is 1. The number of nitrogens with two attached hydrogens (primary N) is 1. The van der Waals surface area contributed by atoms with Crippen LogP contribution in [0.4, 0.5) is 8.78 Å². The van der Waals surface area contributed by atoms with Crippen molar-refractivity contribution in [3.8, 4) is 0 Å². The van der Waals surface area contributed by atoms with Gasteiger partial charge in [-0.2, -0.15) is 8.78 Å². The molecular weight excluding hydrogens is 239 g/mol. The fourth-order valence-corrected chi connectivity index (χ4v) is 0.993. The summed E-state index contributed by atoms with van der Waals surface area (Å²) in [5.41, 5.74) is 4.60. The molecule has 0 atom stereocenters. The Kier molecular flexibility index (Phi) is 3.24. The molecule has 0 aromatic rings. The van der Waals surface area contributed by atoms with Crippen LogP contribution in [0.2, 0.25) is 0 Å². The molecule has 2 N–H and O–H groups in total. The molecule has 0 aliphatic rings. The zero-order valence-electron chi connectivity index (χ0n) is 5.00. The number of allylic oxidation sites excluding steroid dienone is 2. The summed E-state index contributed by atoms with van der Waals surface area (Å²) >= 11 is -1.36. The lowest BCUT2D eigenvalue weighted by molar-refractivity contribution is 0.167. The van der Waals surface area contributed by atoms with Crippen LogP contribution in [-0.4, -0.2) is 8.44 Å². The minimum Gasteiger partial charge on any atom is -0.397 e. The average molecular weight is 247 g/mol. The predicted octanol–water partition coefficient (Wildman–Crippen LogP) is 1.84. The van der Waals surface area contributed by atoms with Gasteiger partial charge in [-0.25, -0.2) is 0 Å². The monoisotopic (exact) mass is 247 g/mol. The molecule has 0 bridgehead atoms. The van der Waals surface area contributed by atoms with Gasteiger partial charge in [0.15, 0.2) is 0 Å². The van der Waals surface area contributed by atoms with Gasteiger partial charge in [0, 0.05) is 0 Å². The fraction of sp³-hybridized carbons (Fsp3) is 0.400. The third-order valence-electron chi connectivity index (χ3n) is 0.806. The van der Waals surface area contributed by atoms with Crippen molar-refractivity contribution in [2.45, 2.75) is 10.9 Å². The van der Waals surface area contributed by atoms with Crippen LogP contribution < -0.4 is 5.73 Å². The maximum absolute atomic E-state index is 12.3. The molecule has 1 nitrogen and oxygen atoms in total. The molecule has 0 amide bonds. The van der Waals surface area contributed by atoms with Crippen LogP contribution in [0, 0.1) is 0 Å². The SMILES string of the molecule is C=IC(F)(F)/C(N)=C/C. The van der Waals surface area contributed by atoms with E-state index in [2.05, 4.69) is 4.51 Å². The first-order valence-corrected chi connectivity index (χ1v) is 4.84. The van der Waals surface area contributed by atoms with E-state index < -0.39 is 24.7 Å². The molecule has 0 rings (SSSR count). The van der Waals surface area contributed by atoms with Crippen molar-refractivity contribution in [2.75, 3.05) is 0 Å². The third kappa shape index (κ3) is 2.38. The summed E-state index contributed by atoms with van der Waals surface area (Å²) in [5, 5.41) is 0. The number of halogens is 3. The lowest BCUT2D eigenvalue weighted by Crippen LogP contribution is -2.17. The van der Waals surface area contributed by atoms with E-state index in [0.717, 1.165) is 0 Å². The van der Waals surface area contributed by atoms with E-state index in [0.29, 0.717) is 0 Å². The van der Waals surface area contributed by atoms with E-state index >= 15 is 0 Å². The zero-order valence-corrected chi connectivity index (χ0v) is 7.15. The molecule has 0 unspecified atom stereocenters. The second-order valence-corrected chi connectivity index (χ2v) is 3.49. The highest BCUT2D eigenvalue weighted by Gasteiger charge is 2.27. The van der Waals surface area contributed by atoms with E-state index in [9.17, 15) is 8.78 Å². The maximum atomic E-state index is 12.3. The van der Waals surface area contributed by atoms with Crippen molar-refractivity contribution in [3.05, 3.63) is 11.8 Å². The molecule has 0 saturated carbocycles. The molecule has 54 valence electrons. The van der Waals surface area contributed by atoms with Crippen molar-refractivity contribution in [1.29, 1.82) is 0 Å². The van der Waals surface area contributed by atoms with Crippen LogP contribution in [0.15, 0.2) is 11.8 Å². The normalized spacial score (nSPS) is 13.9. The Labute approximate surface area is 62.7 Å². The average Bonchev–Trinajstić information content (AvgIpc) is 1.86. The van der Waals surface area contributed by atoms with Gasteiger partial charge in [-0.3, -0.25) is 0 Å². The van der Waals surface area contributed by atoms with Gasteiger partial charge >= 0.3 is 3.93 Å². The van der Waals surface area contributed by atoms with Crippen molar-refractivity contribution >= 4 is 25.2 Å². The number of rotatable bonds is 2. The fourth-order valence-electron chi connectivity index (χ4n) is 0.241. The molecule has 0 saturated heterocycles. The first-order chi connectivity index (χ1) is 4.04. The lowest BCUT2D eigenvalue weighted by atomic mass is 10.4. The van der Waals surface area contributed by atoms with E-state index in [-0.39, 0.29) is 5.70 Å². The Hall–Kier alpha value is 0.